The van der Waals surface area contributed by atoms with Gasteiger partial charge in [0, 0.05) is 94.2 Å². The van der Waals surface area contributed by atoms with E-state index in [0.717, 1.165) is 114 Å². The molecule has 17 nitrogen and oxygen atoms in total. The van der Waals surface area contributed by atoms with Crippen LogP contribution in [0.1, 0.15) is 120 Å². The Morgan fingerprint density at radius 3 is 2.41 bits per heavy atom. The summed E-state index contributed by atoms with van der Waals surface area (Å²) in [7, 11) is 3.56. The highest BCUT2D eigenvalue weighted by molar-refractivity contribution is 6.02. The van der Waals surface area contributed by atoms with E-state index in [9.17, 15) is 28.4 Å². The minimum absolute atomic E-state index is 0.0108. The number of nitrogens with zero attached hydrogens (tertiary/aromatic N) is 7. The number of aromatic amines is 1. The number of hydrogen-bond donors (Lipinski definition) is 3. The van der Waals surface area contributed by atoms with Crippen LogP contribution in [0.4, 0.5) is 14.6 Å². The van der Waals surface area contributed by atoms with Gasteiger partial charge in [-0.15, -0.1) is 6.42 Å². The van der Waals surface area contributed by atoms with Gasteiger partial charge >= 0.3 is 11.4 Å². The zero-order valence-electron chi connectivity index (χ0n) is 46.2. The summed E-state index contributed by atoms with van der Waals surface area (Å²) in [5, 5.41) is 7.40. The van der Waals surface area contributed by atoms with Crippen molar-refractivity contribution in [2.45, 2.75) is 145 Å². The Labute approximate surface area is 464 Å². The summed E-state index contributed by atoms with van der Waals surface area (Å²) in [6.45, 7) is 8.39. The van der Waals surface area contributed by atoms with Crippen LogP contribution in [0.2, 0.25) is 0 Å². The second kappa shape index (κ2) is 24.9. The van der Waals surface area contributed by atoms with Crippen LogP contribution >= 0.6 is 0 Å². The maximum atomic E-state index is 15.9. The van der Waals surface area contributed by atoms with E-state index in [-0.39, 0.29) is 40.9 Å². The number of carbonyl (C=O) groups excluding carboxylic acids is 3. The number of likely N-dealkylation sites (tertiary alicyclic amines) is 1. The van der Waals surface area contributed by atoms with Crippen LogP contribution in [-0.4, -0.2) is 135 Å². The number of fused-ring (bicyclic) bond motifs is 6. The number of hydrogen-bond acceptors (Lipinski definition) is 12. The number of aryl methyl sites for hydroxylation is 2. The molecule has 80 heavy (non-hydrogen) atoms. The summed E-state index contributed by atoms with van der Waals surface area (Å²) in [4.78, 5) is 77.7. The van der Waals surface area contributed by atoms with Crippen LogP contribution in [0.3, 0.4) is 0 Å². The number of piperazine rings is 1. The maximum Gasteiger partial charge on any atom is 0.347 e. The molecule has 3 aromatic carbocycles. The van der Waals surface area contributed by atoms with Gasteiger partial charge in [0.2, 0.25) is 18.2 Å². The Morgan fingerprint density at radius 1 is 0.900 bits per heavy atom. The van der Waals surface area contributed by atoms with E-state index in [1.54, 1.807) is 40.4 Å². The lowest BCUT2D eigenvalue weighted by Gasteiger charge is -2.34. The number of amides is 3. The van der Waals surface area contributed by atoms with E-state index in [4.69, 9.17) is 15.9 Å². The number of terminal acetylenes is 1. The van der Waals surface area contributed by atoms with Gasteiger partial charge in [-0.05, 0) is 114 Å². The van der Waals surface area contributed by atoms with Gasteiger partial charge in [-0.25, -0.2) is 18.4 Å². The number of piperidine rings is 2. The normalized spacial score (nSPS) is 22.9. The van der Waals surface area contributed by atoms with Gasteiger partial charge in [-0.1, -0.05) is 61.6 Å². The summed E-state index contributed by atoms with van der Waals surface area (Å²) in [5.41, 5.74) is 2.83. The molecular weight excluding hydrogens is 1020 g/mol. The molecule has 5 atom stereocenters. The molecule has 0 aliphatic carbocycles. The van der Waals surface area contributed by atoms with Crippen molar-refractivity contribution in [1.29, 1.82) is 0 Å². The number of pyridine rings is 1. The molecular formula is C61H74F2N10O7. The number of carbonyl (C=O) groups is 3. The van der Waals surface area contributed by atoms with E-state index in [1.165, 1.54) is 44.5 Å². The third kappa shape index (κ3) is 11.8. The minimum atomic E-state index is -0.703. The summed E-state index contributed by atoms with van der Waals surface area (Å²) < 4.78 is 44.7. The molecule has 6 aliphatic heterocycles. The van der Waals surface area contributed by atoms with E-state index in [1.807, 2.05) is 29.0 Å². The first kappa shape index (κ1) is 56.4. The maximum absolute atomic E-state index is 15.9. The molecule has 9 heterocycles. The molecule has 0 radical (unpaired) electrons. The Hall–Kier alpha value is -6.85. The molecule has 2 bridgehead atoms. The molecule has 3 aromatic heterocycles. The number of methoxy groups -OCH3 is 1. The van der Waals surface area contributed by atoms with Crippen LogP contribution in [0.25, 0.3) is 44.0 Å². The molecule has 6 aromatic rings. The lowest BCUT2D eigenvalue weighted by molar-refractivity contribution is -0.135. The predicted molar refractivity (Wildman–Crippen MR) is 304 cm³/mol. The van der Waals surface area contributed by atoms with Gasteiger partial charge in [-0.2, -0.15) is 4.98 Å². The fraction of sp³-hybridized carbons (Fsp3) is 0.525. The Bertz CT molecular complexity index is 3410. The second-order valence-electron chi connectivity index (χ2n) is 22.7. The number of aromatic nitrogens is 5. The van der Waals surface area contributed by atoms with Gasteiger partial charge in [0.25, 0.3) is 0 Å². The largest absolute Gasteiger partial charge is 0.383 e. The first-order valence-electron chi connectivity index (χ1n) is 28.7. The van der Waals surface area contributed by atoms with Crippen LogP contribution in [0.15, 0.2) is 64.3 Å². The second-order valence-corrected chi connectivity index (χ2v) is 22.7. The molecule has 19 heteroatoms. The number of nitrogens with one attached hydrogen (secondary N) is 3. The molecule has 6 fully saturated rings. The van der Waals surface area contributed by atoms with Crippen molar-refractivity contribution in [2.24, 2.45) is 7.05 Å². The summed E-state index contributed by atoms with van der Waals surface area (Å²) in [6.07, 6.45) is 24.7. The van der Waals surface area contributed by atoms with Crippen molar-refractivity contribution in [3.63, 3.8) is 0 Å². The first-order valence-corrected chi connectivity index (χ1v) is 28.7. The van der Waals surface area contributed by atoms with Gasteiger partial charge in [0.15, 0.2) is 5.82 Å². The minimum Gasteiger partial charge on any atom is -0.383 e. The zero-order valence-corrected chi connectivity index (χ0v) is 46.2. The zero-order chi connectivity index (χ0) is 56.1. The topological polar surface area (TPSA) is 189 Å². The molecule has 3 N–H and O–H groups in total. The fourth-order valence-electron chi connectivity index (χ4n) is 13.4. The number of imide groups is 1. The van der Waals surface area contributed by atoms with Crippen molar-refractivity contribution in [3.8, 4) is 23.6 Å². The highest BCUT2D eigenvalue weighted by Gasteiger charge is 2.45. The number of para-hydroxylation sites is 1. The van der Waals surface area contributed by atoms with Crippen molar-refractivity contribution < 1.29 is 32.6 Å². The number of ether oxygens (including phenoxy) is 2. The lowest BCUT2D eigenvalue weighted by Crippen LogP contribution is -2.51. The number of unbranched alkanes of at least 4 members (excludes halogenated alkanes) is 4. The Morgan fingerprint density at radius 2 is 1.66 bits per heavy atom. The number of imidazole rings is 1. The number of halogens is 2. The third-order valence-corrected chi connectivity index (χ3v) is 17.5. The van der Waals surface area contributed by atoms with E-state index in [2.05, 4.69) is 49.4 Å². The van der Waals surface area contributed by atoms with Crippen molar-refractivity contribution >= 4 is 56.8 Å². The molecule has 4 unspecified atom stereocenters. The van der Waals surface area contributed by atoms with Crippen molar-refractivity contribution in [3.05, 3.63) is 98.5 Å². The molecule has 0 saturated carbocycles. The average Bonchev–Trinajstić information content (AvgIpc) is 4.13. The van der Waals surface area contributed by atoms with E-state index < -0.39 is 29.3 Å². The molecule has 424 valence electrons. The lowest BCUT2D eigenvalue weighted by atomic mass is 9.96. The number of rotatable bonds is 15. The SMILES string of the molecule is C#Cc1c(F)ccc2cccc(-c3ncc4c(N5CC6CCC(C5)N6)nc(=O)[nH]c4c3F)c12.COCC1CC[C@]2(C)CCCN12.Cn1c(=O)n(C2CCC(=O)NC2=O)c2cccc(CCCCCCCOC3CCN(C=O)CC3)c21. The van der Waals surface area contributed by atoms with E-state index >= 15 is 4.39 Å². The third-order valence-electron chi connectivity index (χ3n) is 17.5. The summed E-state index contributed by atoms with van der Waals surface area (Å²) in [6, 6.07) is 14.6. The van der Waals surface area contributed by atoms with Crippen molar-refractivity contribution in [2.75, 3.05) is 57.9 Å². The number of anilines is 1. The van der Waals surface area contributed by atoms with Gasteiger partial charge in [-0.3, -0.25) is 38.7 Å². The standard InChI is InChI=1S/C26H36N4O5.C25H19F2N5O.C10H19NO/c1-28-24-19(8-5-3-2-4-6-17-35-20-13-15-29(18-31)16-14-20)9-7-10-21(24)30(26(28)34)22-11-12-23(32)27-25(22)33;1-2-16-19(26)9-6-13-4-3-5-17(20(13)16)22-21(27)23-18(10-28-22)24(31-25(33)30-23)32-11-14-7-8-15(12-32)29-14;1-10-5-3-7-11(10)9(4-6-10)8-12-2/h7,9-10,18,20,22H,2-6,8,11-17H2,1H3,(H,27,32,33);1,3-6,9-10,14-15,29H,7-8,11-12H2,(H,30,31,33);9H,3-8H2,1-2H3/t;;9?,10-/m..0/s1. The van der Waals surface area contributed by atoms with Gasteiger partial charge in [0.05, 0.1) is 40.2 Å². The molecule has 12 rings (SSSR count). The number of benzene rings is 3. The highest BCUT2D eigenvalue weighted by Crippen LogP contribution is 2.42. The summed E-state index contributed by atoms with van der Waals surface area (Å²) in [5.74, 6) is 0.847. The van der Waals surface area contributed by atoms with Crippen LogP contribution < -0.4 is 26.9 Å². The van der Waals surface area contributed by atoms with Crippen molar-refractivity contribution in [1.82, 2.24) is 44.5 Å². The highest BCUT2D eigenvalue weighted by atomic mass is 19.1. The Kier molecular flexibility index (Phi) is 17.6. The number of H-pyrrole nitrogens is 1. The fourth-order valence-corrected chi connectivity index (χ4v) is 13.4. The molecule has 0 spiro atoms. The van der Waals surface area contributed by atoms with Crippen LogP contribution in [0, 0.1) is 24.0 Å². The summed E-state index contributed by atoms with van der Waals surface area (Å²) >= 11 is 0. The average molecular weight is 1100 g/mol. The monoisotopic (exact) mass is 1100 g/mol. The molecule has 3 amide bonds. The predicted octanol–water partition coefficient (Wildman–Crippen LogP) is 7.44. The Balaban J connectivity index is 0.000000149. The van der Waals surface area contributed by atoms with Gasteiger partial charge < -0.3 is 29.6 Å². The molecule has 6 aliphatic rings. The smallest absolute Gasteiger partial charge is 0.347 e. The van der Waals surface area contributed by atoms with Crippen LogP contribution in [0.5, 0.6) is 0 Å². The van der Waals surface area contributed by atoms with Gasteiger partial charge in [0.1, 0.15) is 23.4 Å². The molecule has 6 saturated heterocycles. The first-order chi connectivity index (χ1) is 38.8. The van der Waals surface area contributed by atoms with Crippen LogP contribution in [-0.2, 0) is 37.3 Å². The quantitative estimate of drug-likeness (QED) is 0.0400. The van der Waals surface area contributed by atoms with E-state index in [0.29, 0.717) is 70.7 Å².